The summed E-state index contributed by atoms with van der Waals surface area (Å²) >= 11 is 0. The summed E-state index contributed by atoms with van der Waals surface area (Å²) < 4.78 is 18.0. The van der Waals surface area contributed by atoms with Crippen LogP contribution in [0, 0.1) is 17.1 Å². The Kier molecular flexibility index (Phi) is 5.30. The van der Waals surface area contributed by atoms with Gasteiger partial charge in [-0.05, 0) is 37.2 Å². The van der Waals surface area contributed by atoms with Crippen LogP contribution >= 0.6 is 0 Å². The van der Waals surface area contributed by atoms with E-state index in [1.54, 1.807) is 12.1 Å². The monoisotopic (exact) mass is 222 g/mol. The van der Waals surface area contributed by atoms with Gasteiger partial charge in [0.1, 0.15) is 24.2 Å². The van der Waals surface area contributed by atoms with Gasteiger partial charge < -0.3 is 4.74 Å². The van der Waals surface area contributed by atoms with Crippen LogP contribution in [0.25, 0.3) is 0 Å². The standard InChI is InChI=1S/C12H15FN2O/c1-2-7-15-11(8-14)9-16-12-5-3-10(13)4-6-12/h3-6,11,15H,2,7,9H2,1H3. The average Bonchev–Trinajstić information content (AvgIpc) is 2.32. The summed E-state index contributed by atoms with van der Waals surface area (Å²) in [7, 11) is 0. The van der Waals surface area contributed by atoms with Gasteiger partial charge in [0.05, 0.1) is 6.07 Å². The Hall–Kier alpha value is -1.60. The maximum absolute atomic E-state index is 12.6. The first-order chi connectivity index (χ1) is 7.76. The summed E-state index contributed by atoms with van der Waals surface area (Å²) in [5.74, 6) is 0.272. The van der Waals surface area contributed by atoms with Crippen molar-refractivity contribution >= 4 is 0 Å². The molecule has 86 valence electrons. The summed E-state index contributed by atoms with van der Waals surface area (Å²) in [5, 5.41) is 11.9. The van der Waals surface area contributed by atoms with E-state index in [4.69, 9.17) is 10.00 Å². The molecular formula is C12H15FN2O. The van der Waals surface area contributed by atoms with E-state index in [2.05, 4.69) is 11.4 Å². The normalized spacial score (nSPS) is 11.8. The van der Waals surface area contributed by atoms with E-state index in [9.17, 15) is 4.39 Å². The zero-order valence-electron chi connectivity index (χ0n) is 9.24. The maximum Gasteiger partial charge on any atom is 0.130 e. The van der Waals surface area contributed by atoms with Gasteiger partial charge in [-0.1, -0.05) is 6.92 Å². The summed E-state index contributed by atoms with van der Waals surface area (Å²) in [5.41, 5.74) is 0. The fraction of sp³-hybridized carbons (Fsp3) is 0.417. The molecular weight excluding hydrogens is 207 g/mol. The predicted octanol–water partition coefficient (Wildman–Crippen LogP) is 2.10. The highest BCUT2D eigenvalue weighted by Gasteiger charge is 2.06. The van der Waals surface area contributed by atoms with Crippen molar-refractivity contribution in [1.82, 2.24) is 5.32 Å². The molecule has 0 saturated carbocycles. The average molecular weight is 222 g/mol. The lowest BCUT2D eigenvalue weighted by molar-refractivity contribution is 0.289. The van der Waals surface area contributed by atoms with Crippen molar-refractivity contribution in [3.05, 3.63) is 30.1 Å². The maximum atomic E-state index is 12.6. The molecule has 0 aliphatic rings. The molecule has 3 nitrogen and oxygen atoms in total. The molecule has 1 rings (SSSR count). The Bertz CT molecular complexity index is 345. The molecule has 0 bridgehead atoms. The van der Waals surface area contributed by atoms with E-state index in [1.165, 1.54) is 12.1 Å². The molecule has 0 radical (unpaired) electrons. The molecule has 0 aromatic heterocycles. The van der Waals surface area contributed by atoms with E-state index in [0.717, 1.165) is 13.0 Å². The van der Waals surface area contributed by atoms with Crippen molar-refractivity contribution in [2.75, 3.05) is 13.2 Å². The molecule has 1 aromatic rings. The van der Waals surface area contributed by atoms with Crippen molar-refractivity contribution in [1.29, 1.82) is 5.26 Å². The van der Waals surface area contributed by atoms with Crippen LogP contribution in [0.2, 0.25) is 0 Å². The second kappa shape index (κ2) is 6.81. The molecule has 1 N–H and O–H groups in total. The van der Waals surface area contributed by atoms with Crippen LogP contribution in [0.3, 0.4) is 0 Å². The summed E-state index contributed by atoms with van der Waals surface area (Å²) in [6.45, 7) is 3.08. The van der Waals surface area contributed by atoms with Gasteiger partial charge in [-0.3, -0.25) is 5.32 Å². The molecule has 0 aliphatic heterocycles. The number of benzene rings is 1. The Morgan fingerprint density at radius 1 is 1.44 bits per heavy atom. The molecule has 4 heteroatoms. The fourth-order valence-corrected chi connectivity index (χ4v) is 1.17. The van der Waals surface area contributed by atoms with E-state index in [1.807, 2.05) is 6.92 Å². The molecule has 0 aliphatic carbocycles. The summed E-state index contributed by atoms with van der Waals surface area (Å²) in [4.78, 5) is 0. The Labute approximate surface area is 94.8 Å². The summed E-state index contributed by atoms with van der Waals surface area (Å²) in [6, 6.07) is 7.53. The lowest BCUT2D eigenvalue weighted by atomic mass is 10.3. The van der Waals surface area contributed by atoms with Gasteiger partial charge in [-0.25, -0.2) is 4.39 Å². The molecule has 16 heavy (non-hydrogen) atoms. The highest BCUT2D eigenvalue weighted by atomic mass is 19.1. The van der Waals surface area contributed by atoms with Crippen molar-refractivity contribution in [2.24, 2.45) is 0 Å². The van der Waals surface area contributed by atoms with Crippen LogP contribution in [-0.4, -0.2) is 19.2 Å². The van der Waals surface area contributed by atoms with E-state index < -0.39 is 0 Å². The molecule has 0 spiro atoms. The number of nitriles is 1. The van der Waals surface area contributed by atoms with Crippen molar-refractivity contribution in [2.45, 2.75) is 19.4 Å². The topological polar surface area (TPSA) is 45.0 Å². The number of ether oxygens (including phenoxy) is 1. The van der Waals surface area contributed by atoms with Gasteiger partial charge in [0, 0.05) is 0 Å². The highest BCUT2D eigenvalue weighted by molar-refractivity contribution is 5.22. The first-order valence-electron chi connectivity index (χ1n) is 5.27. The Morgan fingerprint density at radius 2 is 2.12 bits per heavy atom. The molecule has 0 heterocycles. The van der Waals surface area contributed by atoms with Gasteiger partial charge in [-0.2, -0.15) is 5.26 Å². The van der Waals surface area contributed by atoms with Gasteiger partial charge in [0.15, 0.2) is 0 Å². The molecule has 1 unspecified atom stereocenters. The van der Waals surface area contributed by atoms with E-state index in [-0.39, 0.29) is 18.5 Å². The van der Waals surface area contributed by atoms with Crippen LogP contribution in [-0.2, 0) is 0 Å². The van der Waals surface area contributed by atoms with Gasteiger partial charge in [0.25, 0.3) is 0 Å². The Balaban J connectivity index is 2.38. The molecule has 1 atom stereocenters. The number of halogens is 1. The van der Waals surface area contributed by atoms with Crippen molar-refractivity contribution in [3.8, 4) is 11.8 Å². The fourth-order valence-electron chi connectivity index (χ4n) is 1.17. The zero-order valence-corrected chi connectivity index (χ0v) is 9.24. The van der Waals surface area contributed by atoms with Gasteiger partial charge in [-0.15, -0.1) is 0 Å². The molecule has 0 fully saturated rings. The van der Waals surface area contributed by atoms with E-state index >= 15 is 0 Å². The van der Waals surface area contributed by atoms with E-state index in [0.29, 0.717) is 5.75 Å². The Morgan fingerprint density at radius 3 is 2.69 bits per heavy atom. The minimum Gasteiger partial charge on any atom is -0.491 e. The summed E-state index contributed by atoms with van der Waals surface area (Å²) in [6.07, 6.45) is 0.967. The first kappa shape index (κ1) is 12.5. The van der Waals surface area contributed by atoms with Crippen molar-refractivity contribution < 1.29 is 9.13 Å². The smallest absolute Gasteiger partial charge is 0.130 e. The third kappa shape index (κ3) is 4.28. The van der Waals surface area contributed by atoms with Gasteiger partial charge >= 0.3 is 0 Å². The first-order valence-corrected chi connectivity index (χ1v) is 5.27. The number of hydrogen-bond acceptors (Lipinski definition) is 3. The van der Waals surface area contributed by atoms with Crippen LogP contribution in [0.1, 0.15) is 13.3 Å². The minimum atomic E-state index is -0.329. The third-order valence-corrected chi connectivity index (χ3v) is 2.03. The lowest BCUT2D eigenvalue weighted by Gasteiger charge is -2.12. The second-order valence-electron chi connectivity index (χ2n) is 3.40. The number of hydrogen-bond donors (Lipinski definition) is 1. The molecule has 0 saturated heterocycles. The largest absolute Gasteiger partial charge is 0.491 e. The highest BCUT2D eigenvalue weighted by Crippen LogP contribution is 2.11. The van der Waals surface area contributed by atoms with Crippen molar-refractivity contribution in [3.63, 3.8) is 0 Å². The predicted molar refractivity (Wildman–Crippen MR) is 59.6 cm³/mol. The number of nitrogens with zero attached hydrogens (tertiary/aromatic N) is 1. The second-order valence-corrected chi connectivity index (χ2v) is 3.40. The zero-order chi connectivity index (χ0) is 11.8. The number of rotatable bonds is 6. The van der Waals surface area contributed by atoms with Crippen LogP contribution < -0.4 is 10.1 Å². The minimum absolute atomic E-state index is 0.266. The van der Waals surface area contributed by atoms with Crippen LogP contribution in [0.5, 0.6) is 5.75 Å². The quantitative estimate of drug-likeness (QED) is 0.801. The third-order valence-electron chi connectivity index (χ3n) is 2.03. The van der Waals surface area contributed by atoms with Crippen LogP contribution in [0.4, 0.5) is 4.39 Å². The van der Waals surface area contributed by atoms with Gasteiger partial charge in [0.2, 0.25) is 0 Å². The SMILES string of the molecule is CCCNC(C#N)COc1ccc(F)cc1. The molecule has 1 aromatic carbocycles. The number of nitrogens with one attached hydrogen (secondary N) is 1. The molecule has 0 amide bonds. The lowest BCUT2D eigenvalue weighted by Crippen LogP contribution is -2.33. The van der Waals surface area contributed by atoms with Crippen LogP contribution in [0.15, 0.2) is 24.3 Å².